The van der Waals surface area contributed by atoms with Gasteiger partial charge in [-0.25, -0.2) is 4.68 Å². The van der Waals surface area contributed by atoms with Gasteiger partial charge in [0.25, 0.3) is 0 Å². The van der Waals surface area contributed by atoms with E-state index in [9.17, 15) is 0 Å². The van der Waals surface area contributed by atoms with Crippen LogP contribution in [0, 0.1) is 0 Å². The van der Waals surface area contributed by atoms with Crippen molar-refractivity contribution in [3.8, 4) is 5.88 Å². The normalized spacial score (nSPS) is 11.3. The Bertz CT molecular complexity index is 348. The van der Waals surface area contributed by atoms with Crippen molar-refractivity contribution in [1.82, 2.24) is 9.78 Å². The number of aromatic nitrogens is 2. The summed E-state index contributed by atoms with van der Waals surface area (Å²) in [6.07, 6.45) is 17.9. The minimum atomic E-state index is 0.360. The molecule has 3 nitrogen and oxygen atoms in total. The minimum absolute atomic E-state index is 0.360. The molecule has 1 aromatic heterocycles. The van der Waals surface area contributed by atoms with Gasteiger partial charge in [0.1, 0.15) is 6.10 Å². The average molecular weight is 309 g/mol. The molecule has 0 spiro atoms. The number of nitrogens with zero attached hydrogens (tertiary/aromatic N) is 2. The van der Waals surface area contributed by atoms with Crippen molar-refractivity contribution in [2.75, 3.05) is 0 Å². The lowest BCUT2D eigenvalue weighted by molar-refractivity contribution is 0.158. The van der Waals surface area contributed by atoms with E-state index in [4.69, 9.17) is 4.74 Å². The maximum atomic E-state index is 6.20. The third kappa shape index (κ3) is 8.45. The second kappa shape index (κ2) is 12.5. The van der Waals surface area contributed by atoms with Gasteiger partial charge < -0.3 is 4.74 Å². The number of ether oxygens (including phenoxy) is 1. The number of unbranched alkanes of at least 4 members (excludes halogenated alkanes) is 8. The quantitative estimate of drug-likeness (QED) is 0.401. The van der Waals surface area contributed by atoms with Gasteiger partial charge in [-0.1, -0.05) is 65.2 Å². The summed E-state index contributed by atoms with van der Waals surface area (Å²) in [5, 5.41) is 4.20. The van der Waals surface area contributed by atoms with Gasteiger partial charge in [-0.05, 0) is 25.7 Å². The first kappa shape index (κ1) is 19.1. The molecular weight excluding hydrogens is 272 g/mol. The molecule has 0 aliphatic heterocycles. The molecule has 0 saturated heterocycles. The summed E-state index contributed by atoms with van der Waals surface area (Å²) in [6.45, 7) is 4.54. The van der Waals surface area contributed by atoms with E-state index in [-0.39, 0.29) is 0 Å². The van der Waals surface area contributed by atoms with Crippen LogP contribution < -0.4 is 4.74 Å². The van der Waals surface area contributed by atoms with Crippen LogP contribution in [-0.2, 0) is 7.05 Å². The first-order chi connectivity index (χ1) is 10.8. The SMILES string of the molecule is CCCCCCCC(CCCCCCC)Oc1ccnn1C. The fraction of sp³-hybridized carbons (Fsp3) is 0.842. The zero-order valence-corrected chi connectivity index (χ0v) is 15.0. The lowest BCUT2D eigenvalue weighted by Crippen LogP contribution is -2.18. The molecule has 3 heteroatoms. The molecule has 0 radical (unpaired) electrons. The average Bonchev–Trinajstić information content (AvgIpc) is 2.91. The fourth-order valence-electron chi connectivity index (χ4n) is 2.86. The van der Waals surface area contributed by atoms with Gasteiger partial charge in [-0.15, -0.1) is 0 Å². The van der Waals surface area contributed by atoms with Crippen LogP contribution in [0.4, 0.5) is 0 Å². The number of hydrogen-bond donors (Lipinski definition) is 0. The van der Waals surface area contributed by atoms with Crippen molar-refractivity contribution in [1.29, 1.82) is 0 Å². The van der Waals surface area contributed by atoms with Crippen LogP contribution in [0.15, 0.2) is 12.3 Å². The van der Waals surface area contributed by atoms with Crippen molar-refractivity contribution >= 4 is 0 Å². The zero-order chi connectivity index (χ0) is 16.0. The van der Waals surface area contributed by atoms with Gasteiger partial charge in [0, 0.05) is 13.1 Å². The second-order valence-electron chi connectivity index (χ2n) is 6.44. The zero-order valence-electron chi connectivity index (χ0n) is 15.0. The molecule has 0 N–H and O–H groups in total. The molecule has 128 valence electrons. The Morgan fingerprint density at radius 1 is 0.909 bits per heavy atom. The Balaban J connectivity index is 2.30. The molecule has 0 aliphatic carbocycles. The molecule has 0 unspecified atom stereocenters. The molecule has 1 rings (SSSR count). The molecule has 0 aliphatic rings. The third-order valence-electron chi connectivity index (χ3n) is 4.32. The molecule has 0 saturated carbocycles. The molecular formula is C19H36N2O. The lowest BCUT2D eigenvalue weighted by atomic mass is 10.0. The highest BCUT2D eigenvalue weighted by Gasteiger charge is 2.12. The Hall–Kier alpha value is -0.990. The monoisotopic (exact) mass is 308 g/mol. The summed E-state index contributed by atoms with van der Waals surface area (Å²) in [6, 6.07) is 1.97. The molecule has 0 fully saturated rings. The Morgan fingerprint density at radius 3 is 1.91 bits per heavy atom. The lowest BCUT2D eigenvalue weighted by Gasteiger charge is -2.19. The standard InChI is InChI=1S/C19H36N2O/c1-4-6-8-10-12-14-18(15-13-11-9-7-5-2)22-19-16-17-20-21(19)3/h16-18H,4-15H2,1-3H3. The molecule has 1 aromatic rings. The van der Waals surface area contributed by atoms with Crippen LogP contribution in [0.25, 0.3) is 0 Å². The van der Waals surface area contributed by atoms with E-state index in [1.165, 1.54) is 77.0 Å². The molecule has 0 aromatic carbocycles. The smallest absolute Gasteiger partial charge is 0.211 e. The number of hydrogen-bond acceptors (Lipinski definition) is 2. The number of rotatable bonds is 14. The van der Waals surface area contributed by atoms with Crippen LogP contribution in [0.3, 0.4) is 0 Å². The van der Waals surface area contributed by atoms with E-state index >= 15 is 0 Å². The van der Waals surface area contributed by atoms with Gasteiger partial charge in [-0.2, -0.15) is 5.10 Å². The van der Waals surface area contributed by atoms with Gasteiger partial charge >= 0.3 is 0 Å². The predicted molar refractivity (Wildman–Crippen MR) is 94.4 cm³/mol. The van der Waals surface area contributed by atoms with E-state index in [1.54, 1.807) is 0 Å². The highest BCUT2D eigenvalue weighted by Crippen LogP contribution is 2.19. The van der Waals surface area contributed by atoms with Gasteiger partial charge in [0.05, 0.1) is 6.20 Å². The van der Waals surface area contributed by atoms with E-state index in [0.717, 1.165) is 5.88 Å². The summed E-state index contributed by atoms with van der Waals surface area (Å²) in [4.78, 5) is 0. The maximum absolute atomic E-state index is 6.20. The van der Waals surface area contributed by atoms with Crippen LogP contribution in [0.5, 0.6) is 5.88 Å². The van der Waals surface area contributed by atoms with Crippen LogP contribution in [0.2, 0.25) is 0 Å². The van der Waals surface area contributed by atoms with Gasteiger partial charge in [0.15, 0.2) is 0 Å². The summed E-state index contributed by atoms with van der Waals surface area (Å²) < 4.78 is 8.03. The summed E-state index contributed by atoms with van der Waals surface area (Å²) >= 11 is 0. The topological polar surface area (TPSA) is 27.1 Å². The fourth-order valence-corrected chi connectivity index (χ4v) is 2.86. The Morgan fingerprint density at radius 2 is 1.45 bits per heavy atom. The molecule has 0 bridgehead atoms. The molecule has 0 atom stereocenters. The van der Waals surface area contributed by atoms with Crippen molar-refractivity contribution in [2.24, 2.45) is 7.05 Å². The highest BCUT2D eigenvalue weighted by molar-refractivity contribution is 5.07. The van der Waals surface area contributed by atoms with Gasteiger partial charge in [0.2, 0.25) is 5.88 Å². The van der Waals surface area contributed by atoms with Crippen LogP contribution in [-0.4, -0.2) is 15.9 Å². The molecule has 22 heavy (non-hydrogen) atoms. The van der Waals surface area contributed by atoms with Gasteiger partial charge in [-0.3, -0.25) is 0 Å². The predicted octanol–water partition coefficient (Wildman–Crippen LogP) is 5.89. The minimum Gasteiger partial charge on any atom is -0.475 e. The van der Waals surface area contributed by atoms with E-state index in [1.807, 2.05) is 24.0 Å². The van der Waals surface area contributed by atoms with Crippen molar-refractivity contribution in [2.45, 2.75) is 97.0 Å². The first-order valence-corrected chi connectivity index (χ1v) is 9.42. The summed E-state index contributed by atoms with van der Waals surface area (Å²) in [7, 11) is 1.95. The van der Waals surface area contributed by atoms with Crippen molar-refractivity contribution in [3.63, 3.8) is 0 Å². The molecule has 0 amide bonds. The first-order valence-electron chi connectivity index (χ1n) is 9.42. The summed E-state index contributed by atoms with van der Waals surface area (Å²) in [5.74, 6) is 0.909. The Labute approximate surface area is 137 Å². The summed E-state index contributed by atoms with van der Waals surface area (Å²) in [5.41, 5.74) is 0. The second-order valence-corrected chi connectivity index (χ2v) is 6.44. The van der Waals surface area contributed by atoms with Crippen LogP contribution in [0.1, 0.15) is 90.9 Å². The molecule has 1 heterocycles. The Kier molecular flexibility index (Phi) is 10.9. The van der Waals surface area contributed by atoms with Crippen molar-refractivity contribution in [3.05, 3.63) is 12.3 Å². The largest absolute Gasteiger partial charge is 0.475 e. The van der Waals surface area contributed by atoms with E-state index in [2.05, 4.69) is 18.9 Å². The van der Waals surface area contributed by atoms with Crippen molar-refractivity contribution < 1.29 is 4.74 Å². The van der Waals surface area contributed by atoms with Crippen LogP contribution >= 0.6 is 0 Å². The third-order valence-corrected chi connectivity index (χ3v) is 4.32. The highest BCUT2D eigenvalue weighted by atomic mass is 16.5. The number of aryl methyl sites for hydroxylation is 1. The van der Waals surface area contributed by atoms with E-state index < -0.39 is 0 Å². The maximum Gasteiger partial charge on any atom is 0.211 e. The van der Waals surface area contributed by atoms with E-state index in [0.29, 0.717) is 6.10 Å².